The number of furan rings is 1. The number of carbonyl (C=O) groups is 1. The lowest BCUT2D eigenvalue weighted by molar-refractivity contribution is 0.0383. The van der Waals surface area contributed by atoms with Crippen LogP contribution in [0.4, 0.5) is 5.69 Å². The van der Waals surface area contributed by atoms with Gasteiger partial charge in [-0.25, -0.2) is 0 Å². The summed E-state index contributed by atoms with van der Waals surface area (Å²) < 4.78 is 22.7. The Balaban J connectivity index is 1.67. The molecule has 7 nitrogen and oxygen atoms in total. The first-order valence-electron chi connectivity index (χ1n) is 9.06. The maximum Gasteiger partial charge on any atom is 0.251 e. The molecule has 0 spiro atoms. The smallest absolute Gasteiger partial charge is 0.251 e. The fourth-order valence-electron chi connectivity index (χ4n) is 2.92. The van der Waals surface area contributed by atoms with Gasteiger partial charge in [0.2, 0.25) is 0 Å². The molecule has 152 valence electrons. The maximum atomic E-state index is 12.6. The van der Waals surface area contributed by atoms with Crippen LogP contribution in [0, 0.1) is 0 Å². The van der Waals surface area contributed by atoms with Crippen LogP contribution in [-0.4, -0.2) is 60.7 Å². The molecule has 1 unspecified atom stereocenters. The molecule has 0 aliphatic carbocycles. The minimum Gasteiger partial charge on any atom is -0.467 e. The van der Waals surface area contributed by atoms with Gasteiger partial charge in [-0.1, -0.05) is 11.6 Å². The molecule has 2 aromatic rings. The van der Waals surface area contributed by atoms with Crippen molar-refractivity contribution in [3.05, 3.63) is 46.9 Å². The molecule has 0 bridgehead atoms. The molecule has 28 heavy (non-hydrogen) atoms. The molecule has 2 N–H and O–H groups in total. The number of nitrogens with zero attached hydrogens (tertiary/aromatic N) is 1. The summed E-state index contributed by atoms with van der Waals surface area (Å²) in [6.07, 6.45) is 3.13. The van der Waals surface area contributed by atoms with E-state index in [1.54, 1.807) is 24.5 Å². The number of amides is 1. The zero-order valence-electron chi connectivity index (χ0n) is 15.7. The van der Waals surface area contributed by atoms with Crippen molar-refractivity contribution in [3.8, 4) is 0 Å². The standard InChI is InChI=1S/C19H24ClN3O4S/c1-28(25)17-12-14(19(24)21-4-5-23-6-9-26-10-7-23)11-16(18(17)20)22-13-15-3-2-8-27-15/h2-3,8,11-12,22H,4-7,9-10,13H2,1H3,(H,21,24). The van der Waals surface area contributed by atoms with Gasteiger partial charge in [-0.2, -0.15) is 0 Å². The monoisotopic (exact) mass is 425 g/mol. The van der Waals surface area contributed by atoms with Gasteiger partial charge in [0.05, 0.1) is 52.4 Å². The van der Waals surface area contributed by atoms with E-state index in [4.69, 9.17) is 20.8 Å². The van der Waals surface area contributed by atoms with Crippen LogP contribution in [0.1, 0.15) is 16.1 Å². The van der Waals surface area contributed by atoms with Crippen LogP contribution < -0.4 is 10.6 Å². The van der Waals surface area contributed by atoms with Gasteiger partial charge in [0.15, 0.2) is 0 Å². The Labute approximate surface area is 171 Å². The van der Waals surface area contributed by atoms with Gasteiger partial charge in [-0.15, -0.1) is 0 Å². The number of benzene rings is 1. The van der Waals surface area contributed by atoms with Crippen molar-refractivity contribution in [3.63, 3.8) is 0 Å². The number of nitrogens with one attached hydrogen (secondary N) is 2. The first-order valence-corrected chi connectivity index (χ1v) is 11.0. The molecule has 1 fully saturated rings. The Bertz CT molecular complexity index is 823. The molecule has 1 aliphatic heterocycles. The van der Waals surface area contributed by atoms with Crippen LogP contribution in [0.2, 0.25) is 5.02 Å². The van der Waals surface area contributed by atoms with E-state index < -0.39 is 10.8 Å². The average Bonchev–Trinajstić information content (AvgIpc) is 3.21. The predicted octanol–water partition coefficient (Wildman–Crippen LogP) is 2.34. The van der Waals surface area contributed by atoms with Gasteiger partial charge < -0.3 is 19.8 Å². The molecule has 1 aromatic heterocycles. The maximum absolute atomic E-state index is 12.6. The zero-order valence-corrected chi connectivity index (χ0v) is 17.3. The molecule has 1 saturated heterocycles. The summed E-state index contributed by atoms with van der Waals surface area (Å²) in [5.41, 5.74) is 0.961. The van der Waals surface area contributed by atoms with Crippen LogP contribution in [0.5, 0.6) is 0 Å². The highest BCUT2D eigenvalue weighted by Gasteiger charge is 2.17. The van der Waals surface area contributed by atoms with Crippen LogP contribution in [0.15, 0.2) is 39.8 Å². The first-order chi connectivity index (χ1) is 13.5. The predicted molar refractivity (Wildman–Crippen MR) is 109 cm³/mol. The Kier molecular flexibility index (Phi) is 7.50. The highest BCUT2D eigenvalue weighted by atomic mass is 35.5. The van der Waals surface area contributed by atoms with Crippen molar-refractivity contribution in [1.29, 1.82) is 0 Å². The Morgan fingerprint density at radius 3 is 2.79 bits per heavy atom. The highest BCUT2D eigenvalue weighted by molar-refractivity contribution is 7.84. The molecule has 1 aromatic carbocycles. The van der Waals surface area contributed by atoms with E-state index in [-0.39, 0.29) is 5.91 Å². The number of halogens is 1. The van der Waals surface area contributed by atoms with Crippen LogP contribution in [-0.2, 0) is 22.1 Å². The van der Waals surface area contributed by atoms with E-state index >= 15 is 0 Å². The normalized spacial score (nSPS) is 15.9. The number of anilines is 1. The second kappa shape index (κ2) is 10.1. The number of hydrogen-bond donors (Lipinski definition) is 2. The summed E-state index contributed by atoms with van der Waals surface area (Å²) >= 11 is 6.39. The fraction of sp³-hybridized carbons (Fsp3) is 0.421. The molecule has 1 amide bonds. The van der Waals surface area contributed by atoms with E-state index in [1.807, 2.05) is 6.07 Å². The molecule has 2 heterocycles. The number of carbonyl (C=O) groups excluding carboxylic acids is 1. The summed E-state index contributed by atoms with van der Waals surface area (Å²) in [5, 5.41) is 6.42. The third-order valence-electron chi connectivity index (χ3n) is 4.46. The van der Waals surface area contributed by atoms with Crippen LogP contribution in [0.25, 0.3) is 0 Å². The number of ether oxygens (including phenoxy) is 1. The topological polar surface area (TPSA) is 83.8 Å². The number of hydrogen-bond acceptors (Lipinski definition) is 6. The fourth-order valence-corrected chi connectivity index (χ4v) is 4.07. The number of morpholine rings is 1. The van der Waals surface area contributed by atoms with Gasteiger partial charge in [0.25, 0.3) is 5.91 Å². The van der Waals surface area contributed by atoms with Crippen LogP contribution in [0.3, 0.4) is 0 Å². The third kappa shape index (κ3) is 5.57. The highest BCUT2D eigenvalue weighted by Crippen LogP contribution is 2.30. The van der Waals surface area contributed by atoms with Gasteiger partial charge in [0, 0.05) is 38.0 Å². The van der Waals surface area contributed by atoms with Crippen molar-refractivity contribution >= 4 is 34.0 Å². The van der Waals surface area contributed by atoms with E-state index in [0.717, 1.165) is 38.6 Å². The van der Waals surface area contributed by atoms with Crippen molar-refractivity contribution in [1.82, 2.24) is 10.2 Å². The van der Waals surface area contributed by atoms with Crippen molar-refractivity contribution in [2.45, 2.75) is 11.4 Å². The first kappa shape index (κ1) is 20.9. The molecule has 0 radical (unpaired) electrons. The molecule has 3 rings (SSSR count). The summed E-state index contributed by atoms with van der Waals surface area (Å²) in [6, 6.07) is 6.89. The van der Waals surface area contributed by atoms with Gasteiger partial charge in [0.1, 0.15) is 5.76 Å². The number of rotatable bonds is 8. The molecule has 0 saturated carbocycles. The molecule has 9 heteroatoms. The molecule has 1 aliphatic rings. The van der Waals surface area contributed by atoms with E-state index in [9.17, 15) is 9.00 Å². The Morgan fingerprint density at radius 1 is 1.32 bits per heavy atom. The van der Waals surface area contributed by atoms with E-state index in [1.165, 1.54) is 6.26 Å². The second-order valence-corrected chi connectivity index (χ2v) is 8.16. The molecular weight excluding hydrogens is 402 g/mol. The van der Waals surface area contributed by atoms with Crippen LogP contribution >= 0.6 is 11.6 Å². The minimum absolute atomic E-state index is 0.224. The SMILES string of the molecule is CS(=O)c1cc(C(=O)NCCN2CCOCC2)cc(NCc2ccco2)c1Cl. The Hall–Kier alpha value is -1.87. The third-order valence-corrected chi connectivity index (χ3v) is 5.92. The quantitative estimate of drug-likeness (QED) is 0.675. The zero-order chi connectivity index (χ0) is 19.9. The second-order valence-electron chi connectivity index (χ2n) is 6.43. The van der Waals surface area contributed by atoms with Crippen molar-refractivity contribution in [2.24, 2.45) is 0 Å². The average molecular weight is 426 g/mol. The van der Waals surface area contributed by atoms with Crippen molar-refractivity contribution in [2.75, 3.05) is 51.0 Å². The Morgan fingerprint density at radius 2 is 2.11 bits per heavy atom. The summed E-state index contributed by atoms with van der Waals surface area (Å²) in [7, 11) is -1.32. The summed E-state index contributed by atoms with van der Waals surface area (Å²) in [6.45, 7) is 4.89. The molecule has 1 atom stereocenters. The molecular formula is C19H24ClN3O4S. The lowest BCUT2D eigenvalue weighted by Crippen LogP contribution is -2.41. The van der Waals surface area contributed by atoms with Gasteiger partial charge >= 0.3 is 0 Å². The van der Waals surface area contributed by atoms with Gasteiger partial charge in [-0.05, 0) is 24.3 Å². The lowest BCUT2D eigenvalue weighted by Gasteiger charge is -2.26. The minimum atomic E-state index is -1.32. The summed E-state index contributed by atoms with van der Waals surface area (Å²) in [5.74, 6) is 0.508. The lowest BCUT2D eigenvalue weighted by atomic mass is 10.1. The van der Waals surface area contributed by atoms with E-state index in [0.29, 0.717) is 34.3 Å². The summed E-state index contributed by atoms with van der Waals surface area (Å²) in [4.78, 5) is 15.3. The van der Waals surface area contributed by atoms with E-state index in [2.05, 4.69) is 15.5 Å². The largest absolute Gasteiger partial charge is 0.467 e. The van der Waals surface area contributed by atoms with Crippen molar-refractivity contribution < 1.29 is 18.2 Å². The van der Waals surface area contributed by atoms with Gasteiger partial charge in [-0.3, -0.25) is 13.9 Å².